The number of alkyl halides is 1. The first-order valence-electron chi connectivity index (χ1n) is 17.0. The van der Waals surface area contributed by atoms with E-state index in [1.807, 2.05) is 67.6 Å². The number of allylic oxidation sites excluding steroid dienone is 1. The summed E-state index contributed by atoms with van der Waals surface area (Å²) in [5, 5.41) is 13.6. The zero-order chi connectivity index (χ0) is 35.1. The maximum Gasteiger partial charge on any atom is 0.313 e. The molecule has 3 saturated heterocycles. The van der Waals surface area contributed by atoms with Gasteiger partial charge in [-0.1, -0.05) is 102 Å². The molecule has 3 heterocycles. The van der Waals surface area contributed by atoms with Crippen LogP contribution in [-0.2, 0) is 28.7 Å². The van der Waals surface area contributed by atoms with Crippen molar-refractivity contribution in [2.45, 2.75) is 73.7 Å². The Morgan fingerprint density at radius 2 is 1.80 bits per heavy atom. The van der Waals surface area contributed by atoms with Gasteiger partial charge in [0, 0.05) is 24.3 Å². The van der Waals surface area contributed by atoms with Gasteiger partial charge >= 0.3 is 5.97 Å². The molecule has 0 aliphatic carbocycles. The lowest BCUT2D eigenvalue weighted by Gasteiger charge is -2.39. The number of hydrogen-bond donors (Lipinski definition) is 2. The molecule has 49 heavy (non-hydrogen) atoms. The molecule has 2 aromatic carbocycles. The van der Waals surface area contributed by atoms with E-state index in [0.717, 1.165) is 12.8 Å². The lowest BCUT2D eigenvalue weighted by Crippen LogP contribution is -2.57. The van der Waals surface area contributed by atoms with E-state index in [9.17, 15) is 24.3 Å². The molecule has 2 bridgehead atoms. The normalized spacial score (nSPS) is 26.5. The quantitative estimate of drug-likeness (QED) is 0.138. The van der Waals surface area contributed by atoms with Crippen molar-refractivity contribution in [3.05, 3.63) is 97.1 Å². The minimum atomic E-state index is -1.34. The van der Waals surface area contributed by atoms with Gasteiger partial charge in [0.05, 0.1) is 37.1 Å². The van der Waals surface area contributed by atoms with Crippen molar-refractivity contribution in [2.24, 2.45) is 11.8 Å². The van der Waals surface area contributed by atoms with Crippen molar-refractivity contribution in [2.75, 3.05) is 26.2 Å². The first-order chi connectivity index (χ1) is 23.7. The van der Waals surface area contributed by atoms with Gasteiger partial charge in [0.25, 0.3) is 0 Å². The van der Waals surface area contributed by atoms with E-state index in [1.54, 1.807) is 17.1 Å². The fraction of sp³-hybridized carbons (Fsp3) is 0.474. The number of hydrogen-bond acceptors (Lipinski definition) is 7. The molecule has 8 atom stereocenters. The summed E-state index contributed by atoms with van der Waals surface area (Å²) in [4.78, 5) is 59.1. The van der Waals surface area contributed by atoms with Gasteiger partial charge in [0.1, 0.15) is 17.7 Å². The van der Waals surface area contributed by atoms with Crippen molar-refractivity contribution < 1.29 is 33.8 Å². The number of unbranched alkanes of at least 4 members (excludes halogenated alkanes) is 1. The van der Waals surface area contributed by atoms with Crippen molar-refractivity contribution in [3.8, 4) is 0 Å². The van der Waals surface area contributed by atoms with E-state index in [2.05, 4.69) is 34.4 Å². The van der Waals surface area contributed by atoms with Gasteiger partial charge < -0.3 is 29.7 Å². The van der Waals surface area contributed by atoms with Crippen molar-refractivity contribution >= 4 is 39.6 Å². The van der Waals surface area contributed by atoms with Crippen LogP contribution >= 0.6 is 15.9 Å². The second kappa shape index (κ2) is 16.3. The van der Waals surface area contributed by atoms with E-state index >= 15 is 0 Å². The second-order valence-corrected chi connectivity index (χ2v) is 14.1. The molecule has 1 unspecified atom stereocenters. The zero-order valence-electron chi connectivity index (χ0n) is 27.9. The predicted octanol–water partition coefficient (Wildman–Crippen LogP) is 4.65. The Labute approximate surface area is 296 Å². The Morgan fingerprint density at radius 3 is 2.41 bits per heavy atom. The maximum absolute atomic E-state index is 14.8. The van der Waals surface area contributed by atoms with Gasteiger partial charge in [0.2, 0.25) is 17.7 Å². The topological polar surface area (TPSA) is 125 Å². The molecule has 3 fully saturated rings. The molecule has 2 aromatic rings. The summed E-state index contributed by atoms with van der Waals surface area (Å²) in [6.07, 6.45) is 4.45. The highest BCUT2D eigenvalue weighted by atomic mass is 79.9. The van der Waals surface area contributed by atoms with E-state index in [1.165, 1.54) is 4.90 Å². The maximum atomic E-state index is 14.8. The van der Waals surface area contributed by atoms with Gasteiger partial charge in [-0.15, -0.1) is 13.2 Å². The number of aliphatic hydroxyl groups excluding tert-OH is 1. The Morgan fingerprint density at radius 1 is 1.12 bits per heavy atom. The molecule has 3 amide bonds. The minimum absolute atomic E-state index is 0.0350. The fourth-order valence-corrected chi connectivity index (χ4v) is 8.54. The number of halogens is 1. The molecule has 0 radical (unpaired) electrons. The number of ether oxygens (including phenoxy) is 2. The van der Waals surface area contributed by atoms with Crippen molar-refractivity contribution in [1.29, 1.82) is 0 Å². The summed E-state index contributed by atoms with van der Waals surface area (Å²) in [6, 6.07) is 16.3. The minimum Gasteiger partial charge on any atom is -0.455 e. The summed E-state index contributed by atoms with van der Waals surface area (Å²) in [5.74, 6) is -3.66. The number of likely N-dealkylation sites (tertiary alicyclic amines) is 1. The third-order valence-corrected chi connectivity index (χ3v) is 10.7. The van der Waals surface area contributed by atoms with Crippen LogP contribution in [0.4, 0.5) is 0 Å². The molecule has 0 aromatic heterocycles. The third-order valence-electron chi connectivity index (χ3n) is 9.86. The summed E-state index contributed by atoms with van der Waals surface area (Å²) in [7, 11) is 0. The highest BCUT2D eigenvalue weighted by Crippen LogP contribution is 2.61. The number of fused-ring (bicyclic) bond motifs is 1. The lowest BCUT2D eigenvalue weighted by atomic mass is 9.70. The molecular weight excluding hydrogens is 690 g/mol. The molecule has 5 rings (SSSR count). The summed E-state index contributed by atoms with van der Waals surface area (Å²) in [5.41, 5.74) is 0.00437. The van der Waals surface area contributed by atoms with E-state index in [-0.39, 0.29) is 36.2 Å². The monoisotopic (exact) mass is 735 g/mol. The van der Waals surface area contributed by atoms with Crippen LogP contribution in [0.1, 0.15) is 62.3 Å². The number of carbonyl (C=O) groups excluding carboxylic acids is 4. The molecule has 11 heteroatoms. The van der Waals surface area contributed by atoms with E-state index in [4.69, 9.17) is 9.47 Å². The Bertz CT molecular complexity index is 1510. The Hall–Kier alpha value is -3.80. The molecule has 1 spiro atoms. The summed E-state index contributed by atoms with van der Waals surface area (Å²) >= 11 is 3.73. The second-order valence-electron chi connectivity index (χ2n) is 12.9. The molecule has 0 saturated carbocycles. The van der Waals surface area contributed by atoms with Crippen LogP contribution < -0.4 is 5.32 Å². The number of benzene rings is 2. The van der Waals surface area contributed by atoms with Crippen LogP contribution in [0.25, 0.3) is 0 Å². The van der Waals surface area contributed by atoms with Gasteiger partial charge in [-0.25, -0.2) is 0 Å². The predicted molar refractivity (Wildman–Crippen MR) is 188 cm³/mol. The third kappa shape index (κ3) is 7.25. The van der Waals surface area contributed by atoms with Crippen molar-refractivity contribution in [1.82, 2.24) is 15.1 Å². The average Bonchev–Trinajstić information content (AvgIpc) is 3.71. The van der Waals surface area contributed by atoms with Crippen molar-refractivity contribution in [3.63, 3.8) is 0 Å². The van der Waals surface area contributed by atoms with Crippen LogP contribution in [-0.4, -0.2) is 87.4 Å². The van der Waals surface area contributed by atoms with Gasteiger partial charge in [-0.2, -0.15) is 0 Å². The molecule has 3 aliphatic heterocycles. The molecular formula is C38H46BrN3O7. The van der Waals surface area contributed by atoms with E-state index in [0.29, 0.717) is 30.5 Å². The zero-order valence-corrected chi connectivity index (χ0v) is 29.5. The van der Waals surface area contributed by atoms with Gasteiger partial charge in [0.15, 0.2) is 0 Å². The van der Waals surface area contributed by atoms with Crippen LogP contribution in [0.5, 0.6) is 0 Å². The Kier molecular flexibility index (Phi) is 12.1. The number of aliphatic hydroxyl groups is 1. The highest BCUT2D eigenvalue weighted by molar-refractivity contribution is 9.09. The number of esters is 1. The average molecular weight is 737 g/mol. The molecule has 2 N–H and O–H groups in total. The highest BCUT2D eigenvalue weighted by Gasteiger charge is 2.77. The molecule has 3 aliphatic rings. The number of rotatable bonds is 17. The SMILES string of the molecule is C=CCCC(=O)NC[C@H](OC(=O)[C@@H]1[C@H]2O[C@@]3(CC2Br)[C@H](C(=O)N(CC=C)CCCC)N([C@H](CO)c2ccccc2)C(=O)[C@@H]13)c1ccccc1. The largest absolute Gasteiger partial charge is 0.455 e. The van der Waals surface area contributed by atoms with Crippen LogP contribution in [0.15, 0.2) is 86.0 Å². The van der Waals surface area contributed by atoms with Crippen LogP contribution in [0.2, 0.25) is 0 Å². The van der Waals surface area contributed by atoms with Crippen LogP contribution in [0.3, 0.4) is 0 Å². The summed E-state index contributed by atoms with van der Waals surface area (Å²) in [6.45, 7) is 9.89. The number of nitrogens with one attached hydrogen (secondary N) is 1. The standard InChI is InChI=1S/C38H46BrN3O7/c1-4-7-19-30(44)40-23-29(26-17-13-10-14-18-26)48-37(47)31-32-35(45)42(28(24-43)25-15-11-9-12-16-25)34(38(32)22-27(39)33(31)49-38)36(46)41(20-6-3)21-8-5-2/h4,6,9-18,27-29,31-34,43H,1,3,5,7-8,19-24H2,2H3,(H,40,44)/t27?,28-,29+,31+,32-,33+,34+,38-/m1/s1. The number of nitrogens with zero attached hydrogens (tertiary/aromatic N) is 2. The Balaban J connectivity index is 1.52. The molecule has 10 nitrogen and oxygen atoms in total. The van der Waals surface area contributed by atoms with Gasteiger partial charge in [-0.05, 0) is 30.4 Å². The molecule has 262 valence electrons. The van der Waals surface area contributed by atoms with E-state index < -0.39 is 60.2 Å². The summed E-state index contributed by atoms with van der Waals surface area (Å²) < 4.78 is 12.9. The number of amides is 3. The first kappa shape index (κ1) is 36.5. The van der Waals surface area contributed by atoms with Crippen LogP contribution in [0, 0.1) is 11.8 Å². The smallest absolute Gasteiger partial charge is 0.313 e. The first-order valence-corrected chi connectivity index (χ1v) is 18.0. The fourth-order valence-electron chi connectivity index (χ4n) is 7.59. The van der Waals surface area contributed by atoms with Gasteiger partial charge in [-0.3, -0.25) is 19.2 Å². The number of carbonyl (C=O) groups is 4. The lowest BCUT2D eigenvalue weighted by molar-refractivity contribution is -0.161.